The fourth-order valence-corrected chi connectivity index (χ4v) is 1.58. The van der Waals surface area contributed by atoms with Gasteiger partial charge >= 0.3 is 0 Å². The van der Waals surface area contributed by atoms with Gasteiger partial charge < -0.3 is 15.9 Å². The predicted octanol–water partition coefficient (Wildman–Crippen LogP) is 1.15. The molecule has 0 spiro atoms. The molecular weight excluding hydrogens is 222 g/mol. The lowest BCUT2D eigenvalue weighted by atomic mass is 10.1. The molecule has 0 unspecified atom stereocenters. The van der Waals surface area contributed by atoms with Crippen molar-refractivity contribution in [3.05, 3.63) is 28.2 Å². The number of nitrogens with two attached hydrogens (primary N) is 1. The first-order valence-corrected chi connectivity index (χ1v) is 4.29. The van der Waals surface area contributed by atoms with E-state index < -0.39 is 6.04 Å². The van der Waals surface area contributed by atoms with Crippen molar-refractivity contribution in [2.75, 3.05) is 6.61 Å². The summed E-state index contributed by atoms with van der Waals surface area (Å²) in [4.78, 5) is 0. The number of benzene rings is 1. The SMILES string of the molecule is N[C@@H](CO)c1ccc(O)cc1Br. The molecule has 0 aliphatic heterocycles. The van der Waals surface area contributed by atoms with Crippen molar-refractivity contribution >= 4 is 15.9 Å². The fourth-order valence-electron chi connectivity index (χ4n) is 0.915. The lowest BCUT2D eigenvalue weighted by molar-refractivity contribution is 0.267. The Balaban J connectivity index is 3.01. The van der Waals surface area contributed by atoms with Crippen LogP contribution in [0.15, 0.2) is 22.7 Å². The van der Waals surface area contributed by atoms with E-state index in [1.54, 1.807) is 12.1 Å². The third-order valence-electron chi connectivity index (χ3n) is 1.58. The second kappa shape index (κ2) is 3.89. The van der Waals surface area contributed by atoms with Gasteiger partial charge in [-0.15, -0.1) is 0 Å². The molecule has 12 heavy (non-hydrogen) atoms. The molecule has 4 heteroatoms. The average molecular weight is 232 g/mol. The number of aliphatic hydroxyl groups excluding tert-OH is 1. The van der Waals surface area contributed by atoms with E-state index in [1.807, 2.05) is 0 Å². The summed E-state index contributed by atoms with van der Waals surface area (Å²) in [6.45, 7) is -0.108. The highest BCUT2D eigenvalue weighted by molar-refractivity contribution is 9.10. The van der Waals surface area contributed by atoms with Crippen molar-refractivity contribution in [1.29, 1.82) is 0 Å². The molecule has 1 aromatic rings. The van der Waals surface area contributed by atoms with Crippen molar-refractivity contribution in [3.63, 3.8) is 0 Å². The van der Waals surface area contributed by atoms with E-state index in [0.29, 0.717) is 4.47 Å². The maximum Gasteiger partial charge on any atom is 0.116 e. The number of hydrogen-bond acceptors (Lipinski definition) is 3. The Labute approximate surface area is 79.0 Å². The van der Waals surface area contributed by atoms with Gasteiger partial charge in [-0.25, -0.2) is 0 Å². The van der Waals surface area contributed by atoms with Crippen molar-refractivity contribution in [2.45, 2.75) is 6.04 Å². The maximum atomic E-state index is 9.06. The molecule has 3 nitrogen and oxygen atoms in total. The Morgan fingerprint density at radius 2 is 2.17 bits per heavy atom. The third kappa shape index (κ3) is 1.97. The van der Waals surface area contributed by atoms with Crippen molar-refractivity contribution < 1.29 is 10.2 Å². The van der Waals surface area contributed by atoms with Gasteiger partial charge in [0.05, 0.1) is 12.6 Å². The average Bonchev–Trinajstić information content (AvgIpc) is 2.03. The molecule has 0 radical (unpaired) electrons. The molecule has 1 rings (SSSR count). The van der Waals surface area contributed by atoms with Crippen LogP contribution in [0, 0.1) is 0 Å². The summed E-state index contributed by atoms with van der Waals surface area (Å²) in [5.74, 6) is 0.177. The van der Waals surface area contributed by atoms with Crippen LogP contribution >= 0.6 is 15.9 Å². The highest BCUT2D eigenvalue weighted by Crippen LogP contribution is 2.25. The van der Waals surface area contributed by atoms with E-state index in [2.05, 4.69) is 15.9 Å². The summed E-state index contributed by atoms with van der Waals surface area (Å²) in [7, 11) is 0. The van der Waals surface area contributed by atoms with Crippen LogP contribution in [0.25, 0.3) is 0 Å². The Morgan fingerprint density at radius 1 is 1.50 bits per heavy atom. The lowest BCUT2D eigenvalue weighted by Crippen LogP contribution is -2.14. The summed E-state index contributed by atoms with van der Waals surface area (Å²) in [6, 6.07) is 4.36. The number of phenols is 1. The first-order chi connectivity index (χ1) is 5.65. The van der Waals surface area contributed by atoms with Gasteiger partial charge in [0.2, 0.25) is 0 Å². The van der Waals surface area contributed by atoms with Gasteiger partial charge in [0.1, 0.15) is 5.75 Å². The lowest BCUT2D eigenvalue weighted by Gasteiger charge is -2.10. The molecule has 0 aromatic heterocycles. The minimum absolute atomic E-state index is 0.108. The van der Waals surface area contributed by atoms with Crippen molar-refractivity contribution in [3.8, 4) is 5.75 Å². The van der Waals surface area contributed by atoms with Gasteiger partial charge in [-0.3, -0.25) is 0 Å². The molecule has 1 aromatic carbocycles. The van der Waals surface area contributed by atoms with Crippen LogP contribution in [-0.2, 0) is 0 Å². The summed E-state index contributed by atoms with van der Waals surface area (Å²) >= 11 is 3.24. The van der Waals surface area contributed by atoms with Gasteiger partial charge in [0.25, 0.3) is 0 Å². The van der Waals surface area contributed by atoms with Crippen LogP contribution in [0.1, 0.15) is 11.6 Å². The Kier molecular flexibility index (Phi) is 3.08. The quantitative estimate of drug-likeness (QED) is 0.716. The Morgan fingerprint density at radius 3 is 2.67 bits per heavy atom. The molecule has 0 saturated heterocycles. The summed E-state index contributed by atoms with van der Waals surface area (Å²) in [5.41, 5.74) is 6.37. The Bertz CT molecular complexity index is 278. The summed E-state index contributed by atoms with van der Waals surface area (Å²) in [5, 5.41) is 17.8. The highest BCUT2D eigenvalue weighted by Gasteiger charge is 2.08. The molecule has 0 heterocycles. The zero-order valence-corrected chi connectivity index (χ0v) is 7.95. The number of aliphatic hydroxyl groups is 1. The van der Waals surface area contributed by atoms with Crippen LogP contribution in [-0.4, -0.2) is 16.8 Å². The van der Waals surface area contributed by atoms with Crippen LogP contribution in [0.5, 0.6) is 5.75 Å². The van der Waals surface area contributed by atoms with Crippen LogP contribution < -0.4 is 5.73 Å². The Hall–Kier alpha value is -0.580. The van der Waals surface area contributed by atoms with Gasteiger partial charge in [-0.1, -0.05) is 22.0 Å². The van der Waals surface area contributed by atoms with E-state index in [9.17, 15) is 0 Å². The van der Waals surface area contributed by atoms with Gasteiger partial charge in [-0.2, -0.15) is 0 Å². The van der Waals surface area contributed by atoms with Crippen molar-refractivity contribution in [1.82, 2.24) is 0 Å². The third-order valence-corrected chi connectivity index (χ3v) is 2.27. The molecule has 0 saturated carbocycles. The zero-order valence-electron chi connectivity index (χ0n) is 6.37. The van der Waals surface area contributed by atoms with Crippen LogP contribution in [0.3, 0.4) is 0 Å². The predicted molar refractivity (Wildman–Crippen MR) is 49.8 cm³/mol. The van der Waals surface area contributed by atoms with E-state index in [0.717, 1.165) is 5.56 Å². The minimum Gasteiger partial charge on any atom is -0.508 e. The summed E-state index contributed by atoms with van der Waals surface area (Å²) in [6.07, 6.45) is 0. The standard InChI is InChI=1S/C8H10BrNO2/c9-7-3-5(12)1-2-6(7)8(10)4-11/h1-3,8,11-12H,4,10H2/t8-/m0/s1. The van der Waals surface area contributed by atoms with E-state index in [-0.39, 0.29) is 12.4 Å². The van der Waals surface area contributed by atoms with E-state index >= 15 is 0 Å². The molecule has 0 aliphatic carbocycles. The minimum atomic E-state index is -0.403. The fraction of sp³-hybridized carbons (Fsp3) is 0.250. The summed E-state index contributed by atoms with van der Waals surface area (Å²) < 4.78 is 0.712. The van der Waals surface area contributed by atoms with E-state index in [1.165, 1.54) is 6.07 Å². The van der Waals surface area contributed by atoms with Crippen LogP contribution in [0.2, 0.25) is 0 Å². The molecule has 0 fully saturated rings. The molecule has 66 valence electrons. The molecule has 1 atom stereocenters. The number of hydrogen-bond donors (Lipinski definition) is 3. The molecular formula is C8H10BrNO2. The van der Waals surface area contributed by atoms with Crippen LogP contribution in [0.4, 0.5) is 0 Å². The maximum absolute atomic E-state index is 9.06. The number of aromatic hydroxyl groups is 1. The largest absolute Gasteiger partial charge is 0.508 e. The normalized spacial score (nSPS) is 12.9. The number of halogens is 1. The number of phenolic OH excluding ortho intramolecular Hbond substituents is 1. The van der Waals surface area contributed by atoms with Gasteiger partial charge in [0, 0.05) is 4.47 Å². The smallest absolute Gasteiger partial charge is 0.116 e. The molecule has 0 bridgehead atoms. The highest BCUT2D eigenvalue weighted by atomic mass is 79.9. The monoisotopic (exact) mass is 231 g/mol. The second-order valence-electron chi connectivity index (χ2n) is 2.49. The van der Waals surface area contributed by atoms with Gasteiger partial charge in [-0.05, 0) is 17.7 Å². The van der Waals surface area contributed by atoms with Crippen molar-refractivity contribution in [2.24, 2.45) is 5.73 Å². The van der Waals surface area contributed by atoms with E-state index in [4.69, 9.17) is 15.9 Å². The second-order valence-corrected chi connectivity index (χ2v) is 3.35. The molecule has 0 amide bonds. The topological polar surface area (TPSA) is 66.5 Å². The molecule has 4 N–H and O–H groups in total. The first kappa shape index (κ1) is 9.51. The molecule has 0 aliphatic rings. The number of rotatable bonds is 2. The first-order valence-electron chi connectivity index (χ1n) is 3.50. The van der Waals surface area contributed by atoms with Gasteiger partial charge in [0.15, 0.2) is 0 Å². The zero-order chi connectivity index (χ0) is 9.14.